The molecule has 0 aliphatic carbocycles. The van der Waals surface area contributed by atoms with E-state index in [9.17, 15) is 0 Å². The molecular weight excluding hydrogens is 214 g/mol. The summed E-state index contributed by atoms with van der Waals surface area (Å²) in [6.07, 6.45) is 2.32. The third-order valence-corrected chi connectivity index (χ3v) is 2.63. The topological polar surface area (TPSA) is 12.0 Å². The molecule has 0 spiro atoms. The fraction of sp³-hybridized carbons (Fsp3) is 0.400. The van der Waals surface area contributed by atoms with E-state index in [0.29, 0.717) is 0 Å². The third kappa shape index (κ3) is 2.24. The monoisotopic (exact) mass is 227 g/mol. The van der Waals surface area contributed by atoms with Crippen LogP contribution in [0.5, 0.6) is 0 Å². The summed E-state index contributed by atoms with van der Waals surface area (Å²) in [5.41, 5.74) is 2.56. The molecule has 2 heteroatoms. The molecule has 0 amide bonds. The predicted molar refractivity (Wildman–Crippen MR) is 57.7 cm³/mol. The van der Waals surface area contributed by atoms with E-state index in [2.05, 4.69) is 46.4 Å². The van der Waals surface area contributed by atoms with Gasteiger partial charge in [-0.25, -0.2) is 0 Å². The van der Waals surface area contributed by atoms with Crippen LogP contribution in [-0.4, -0.2) is 7.05 Å². The minimum atomic E-state index is 1.14. The summed E-state index contributed by atoms with van der Waals surface area (Å²) in [6, 6.07) is 6.35. The zero-order chi connectivity index (χ0) is 8.97. The first-order valence-electron chi connectivity index (χ1n) is 4.24. The number of nitrogens with one attached hydrogen (secondary N) is 1. The zero-order valence-electron chi connectivity index (χ0n) is 7.52. The van der Waals surface area contributed by atoms with Gasteiger partial charge in [0.2, 0.25) is 0 Å². The maximum atomic E-state index is 3.53. The van der Waals surface area contributed by atoms with Crippen LogP contribution in [0.1, 0.15) is 18.9 Å². The Labute approximate surface area is 82.3 Å². The van der Waals surface area contributed by atoms with E-state index >= 15 is 0 Å². The van der Waals surface area contributed by atoms with Crippen LogP contribution in [0.15, 0.2) is 22.7 Å². The van der Waals surface area contributed by atoms with Gasteiger partial charge < -0.3 is 5.32 Å². The Morgan fingerprint density at radius 1 is 1.42 bits per heavy atom. The molecule has 0 saturated heterocycles. The van der Waals surface area contributed by atoms with E-state index < -0.39 is 0 Å². The van der Waals surface area contributed by atoms with E-state index in [-0.39, 0.29) is 0 Å². The molecule has 0 unspecified atom stereocenters. The molecular formula is C10H14BrN. The van der Waals surface area contributed by atoms with Gasteiger partial charge in [0.15, 0.2) is 0 Å². The number of benzene rings is 1. The summed E-state index contributed by atoms with van der Waals surface area (Å²) in [7, 11) is 1.94. The number of aryl methyl sites for hydroxylation is 1. The summed E-state index contributed by atoms with van der Waals surface area (Å²) < 4.78 is 1.21. The van der Waals surface area contributed by atoms with E-state index in [0.717, 1.165) is 6.42 Å². The van der Waals surface area contributed by atoms with Crippen molar-refractivity contribution < 1.29 is 0 Å². The number of halogens is 1. The van der Waals surface area contributed by atoms with Gasteiger partial charge in [-0.15, -0.1) is 0 Å². The molecule has 1 nitrogen and oxygen atoms in total. The van der Waals surface area contributed by atoms with Gasteiger partial charge in [-0.2, -0.15) is 0 Å². The van der Waals surface area contributed by atoms with Crippen molar-refractivity contribution >= 4 is 21.6 Å². The molecule has 1 rings (SSSR count). The highest BCUT2D eigenvalue weighted by molar-refractivity contribution is 9.10. The lowest BCUT2D eigenvalue weighted by molar-refractivity contribution is 0.917. The minimum Gasteiger partial charge on any atom is -0.388 e. The van der Waals surface area contributed by atoms with E-state index in [1.165, 1.54) is 22.1 Å². The highest BCUT2D eigenvalue weighted by Crippen LogP contribution is 2.21. The van der Waals surface area contributed by atoms with Crippen molar-refractivity contribution in [3.05, 3.63) is 28.2 Å². The van der Waals surface area contributed by atoms with Crippen molar-refractivity contribution in [3.63, 3.8) is 0 Å². The molecule has 0 fully saturated rings. The van der Waals surface area contributed by atoms with Gasteiger partial charge in [-0.3, -0.25) is 0 Å². The molecule has 0 aliphatic heterocycles. The lowest BCUT2D eigenvalue weighted by atomic mass is 10.1. The molecule has 0 radical (unpaired) electrons. The quantitative estimate of drug-likeness (QED) is 0.835. The van der Waals surface area contributed by atoms with Gasteiger partial charge in [-0.05, 0) is 30.2 Å². The van der Waals surface area contributed by atoms with Crippen molar-refractivity contribution in [3.8, 4) is 0 Å². The molecule has 0 saturated carbocycles. The fourth-order valence-electron chi connectivity index (χ4n) is 1.19. The molecule has 0 heterocycles. The fourth-order valence-corrected chi connectivity index (χ4v) is 1.64. The Morgan fingerprint density at radius 3 is 2.75 bits per heavy atom. The Bertz CT molecular complexity index is 258. The normalized spacial score (nSPS) is 9.92. The minimum absolute atomic E-state index is 1.14. The van der Waals surface area contributed by atoms with Crippen molar-refractivity contribution in [2.45, 2.75) is 19.8 Å². The lowest BCUT2D eigenvalue weighted by Crippen LogP contribution is -1.91. The molecule has 1 aromatic carbocycles. The Hall–Kier alpha value is -0.500. The number of rotatable bonds is 3. The number of hydrogen-bond donors (Lipinski definition) is 1. The molecule has 66 valence electrons. The Morgan fingerprint density at radius 2 is 2.17 bits per heavy atom. The van der Waals surface area contributed by atoms with Crippen LogP contribution in [0.2, 0.25) is 0 Å². The second kappa shape index (κ2) is 4.51. The van der Waals surface area contributed by atoms with E-state index in [4.69, 9.17) is 0 Å². The van der Waals surface area contributed by atoms with Gasteiger partial charge in [0, 0.05) is 17.2 Å². The molecule has 0 aliphatic rings. The summed E-state index contributed by atoms with van der Waals surface area (Å²) in [4.78, 5) is 0. The first kappa shape index (κ1) is 9.59. The summed E-state index contributed by atoms with van der Waals surface area (Å²) in [5.74, 6) is 0. The van der Waals surface area contributed by atoms with Crippen molar-refractivity contribution in [1.29, 1.82) is 0 Å². The van der Waals surface area contributed by atoms with E-state index in [1.54, 1.807) is 0 Å². The van der Waals surface area contributed by atoms with Crippen LogP contribution in [0.4, 0.5) is 5.69 Å². The number of hydrogen-bond acceptors (Lipinski definition) is 1. The van der Waals surface area contributed by atoms with Crippen LogP contribution in [0.25, 0.3) is 0 Å². The summed E-state index contributed by atoms with van der Waals surface area (Å²) >= 11 is 3.53. The molecule has 0 atom stereocenters. The van der Waals surface area contributed by atoms with Crippen LogP contribution < -0.4 is 5.32 Å². The van der Waals surface area contributed by atoms with Crippen LogP contribution in [-0.2, 0) is 6.42 Å². The zero-order valence-corrected chi connectivity index (χ0v) is 9.11. The van der Waals surface area contributed by atoms with Gasteiger partial charge in [0.25, 0.3) is 0 Å². The lowest BCUT2D eigenvalue weighted by Gasteiger charge is -2.05. The maximum Gasteiger partial charge on any atom is 0.0341 e. The highest BCUT2D eigenvalue weighted by Gasteiger charge is 1.98. The third-order valence-electron chi connectivity index (χ3n) is 1.85. The second-order valence-corrected chi connectivity index (χ2v) is 3.66. The van der Waals surface area contributed by atoms with Crippen LogP contribution in [0, 0.1) is 0 Å². The van der Waals surface area contributed by atoms with E-state index in [1.807, 2.05) is 7.05 Å². The molecule has 0 bridgehead atoms. The molecule has 0 aromatic heterocycles. The van der Waals surface area contributed by atoms with Crippen LogP contribution in [0.3, 0.4) is 0 Å². The summed E-state index contributed by atoms with van der Waals surface area (Å²) in [6.45, 7) is 2.19. The van der Waals surface area contributed by atoms with Gasteiger partial charge in [-0.1, -0.05) is 29.3 Å². The standard InChI is InChI=1S/C10H14BrN/c1-3-4-8-7-9(12-2)5-6-10(8)11/h5-7,12H,3-4H2,1-2H3. The number of anilines is 1. The van der Waals surface area contributed by atoms with Gasteiger partial charge >= 0.3 is 0 Å². The van der Waals surface area contributed by atoms with Gasteiger partial charge in [0.1, 0.15) is 0 Å². The second-order valence-electron chi connectivity index (χ2n) is 2.81. The first-order valence-corrected chi connectivity index (χ1v) is 5.03. The average Bonchev–Trinajstić information content (AvgIpc) is 2.09. The first-order chi connectivity index (χ1) is 5.77. The molecule has 12 heavy (non-hydrogen) atoms. The van der Waals surface area contributed by atoms with Crippen LogP contribution >= 0.6 is 15.9 Å². The maximum absolute atomic E-state index is 3.53. The Kier molecular flexibility index (Phi) is 3.60. The van der Waals surface area contributed by atoms with Crippen molar-refractivity contribution in [1.82, 2.24) is 0 Å². The predicted octanol–water partition coefficient (Wildman–Crippen LogP) is 3.44. The highest BCUT2D eigenvalue weighted by atomic mass is 79.9. The Balaban J connectivity index is 2.91. The smallest absolute Gasteiger partial charge is 0.0341 e. The largest absolute Gasteiger partial charge is 0.388 e. The van der Waals surface area contributed by atoms with Crippen molar-refractivity contribution in [2.24, 2.45) is 0 Å². The van der Waals surface area contributed by atoms with Gasteiger partial charge in [0.05, 0.1) is 0 Å². The van der Waals surface area contributed by atoms with Crippen molar-refractivity contribution in [2.75, 3.05) is 12.4 Å². The molecule has 1 aromatic rings. The average molecular weight is 228 g/mol. The molecule has 1 N–H and O–H groups in total. The SMILES string of the molecule is CCCc1cc(NC)ccc1Br. The summed E-state index contributed by atoms with van der Waals surface area (Å²) in [5, 5.41) is 3.13.